The number of ether oxygens (including phenoxy) is 1. The molecule has 114 valence electrons. The number of hydrogen-bond donors (Lipinski definition) is 2. The summed E-state index contributed by atoms with van der Waals surface area (Å²) in [5, 5.41) is 6.81. The third-order valence-electron chi connectivity index (χ3n) is 3.22. The van der Waals surface area contributed by atoms with E-state index < -0.39 is 5.97 Å². The molecule has 1 aromatic carbocycles. The van der Waals surface area contributed by atoms with Crippen LogP contribution in [0.2, 0.25) is 5.02 Å². The Morgan fingerprint density at radius 2 is 2.18 bits per heavy atom. The van der Waals surface area contributed by atoms with Crippen LogP contribution in [0.25, 0.3) is 0 Å². The summed E-state index contributed by atoms with van der Waals surface area (Å²) in [6.45, 7) is 0. The van der Waals surface area contributed by atoms with Crippen LogP contribution in [0.4, 0.5) is 17.5 Å². The van der Waals surface area contributed by atoms with Gasteiger partial charge in [0, 0.05) is 12.2 Å². The quantitative estimate of drug-likeness (QED) is 0.824. The van der Waals surface area contributed by atoms with Crippen molar-refractivity contribution in [1.29, 1.82) is 0 Å². The lowest BCUT2D eigenvalue weighted by atomic mass is 10.2. The Bertz CT molecular complexity index is 704. The highest BCUT2D eigenvalue weighted by Gasteiger charge is 2.21. The third-order valence-corrected chi connectivity index (χ3v) is 3.55. The minimum absolute atomic E-state index is 0.416. The van der Waals surface area contributed by atoms with Crippen LogP contribution >= 0.6 is 11.6 Å². The van der Waals surface area contributed by atoms with Gasteiger partial charge in [-0.2, -0.15) is 4.98 Å². The van der Waals surface area contributed by atoms with Gasteiger partial charge in [0.25, 0.3) is 0 Å². The van der Waals surface area contributed by atoms with E-state index in [1.165, 1.54) is 7.11 Å². The Kier molecular flexibility index (Phi) is 4.11. The van der Waals surface area contributed by atoms with Crippen molar-refractivity contribution in [2.24, 2.45) is 0 Å². The number of methoxy groups -OCH3 is 1. The lowest BCUT2D eigenvalue weighted by Crippen LogP contribution is -2.07. The van der Waals surface area contributed by atoms with Gasteiger partial charge < -0.3 is 15.4 Å². The Morgan fingerprint density at radius 3 is 2.91 bits per heavy atom. The molecule has 0 amide bonds. The van der Waals surface area contributed by atoms with Crippen molar-refractivity contribution < 1.29 is 9.53 Å². The summed E-state index contributed by atoms with van der Waals surface area (Å²) in [6.07, 6.45) is 3.96. The highest BCUT2D eigenvalue weighted by Crippen LogP contribution is 2.27. The molecule has 1 aromatic heterocycles. The van der Waals surface area contributed by atoms with Crippen LogP contribution in [0.1, 0.15) is 23.2 Å². The number of halogens is 1. The van der Waals surface area contributed by atoms with Crippen LogP contribution in [0, 0.1) is 0 Å². The predicted octanol–water partition coefficient (Wildman–Crippen LogP) is 3.23. The molecule has 2 aromatic rings. The minimum Gasteiger partial charge on any atom is -0.465 e. The maximum Gasteiger partial charge on any atom is 0.337 e. The fourth-order valence-electron chi connectivity index (χ4n) is 1.91. The van der Waals surface area contributed by atoms with Crippen LogP contribution in [0.5, 0.6) is 0 Å². The van der Waals surface area contributed by atoms with Crippen molar-refractivity contribution >= 4 is 35.0 Å². The third kappa shape index (κ3) is 3.46. The summed E-state index contributed by atoms with van der Waals surface area (Å²) in [6, 6.07) is 7.09. The summed E-state index contributed by atoms with van der Waals surface area (Å²) in [5.74, 6) is 0.758. The molecule has 0 radical (unpaired) electrons. The van der Waals surface area contributed by atoms with Gasteiger partial charge in [-0.3, -0.25) is 0 Å². The molecule has 6 nitrogen and oxygen atoms in total. The second-order valence-electron chi connectivity index (χ2n) is 5.00. The van der Waals surface area contributed by atoms with Crippen LogP contribution in [0.3, 0.4) is 0 Å². The molecule has 1 aliphatic rings. The van der Waals surface area contributed by atoms with Crippen LogP contribution in [-0.4, -0.2) is 29.1 Å². The van der Waals surface area contributed by atoms with Crippen molar-refractivity contribution in [2.45, 2.75) is 18.9 Å². The van der Waals surface area contributed by atoms with Gasteiger partial charge >= 0.3 is 5.97 Å². The van der Waals surface area contributed by atoms with E-state index >= 15 is 0 Å². The number of anilines is 3. The summed E-state index contributed by atoms with van der Waals surface area (Å²) in [5.41, 5.74) is 1.00. The van der Waals surface area contributed by atoms with Crippen molar-refractivity contribution in [1.82, 2.24) is 9.97 Å². The van der Waals surface area contributed by atoms with Gasteiger partial charge in [-0.15, -0.1) is 0 Å². The Morgan fingerprint density at radius 1 is 1.36 bits per heavy atom. The Balaban J connectivity index is 1.81. The molecule has 1 heterocycles. The van der Waals surface area contributed by atoms with Crippen molar-refractivity contribution in [3.8, 4) is 0 Å². The molecule has 7 heteroatoms. The fourth-order valence-corrected chi connectivity index (χ4v) is 2.08. The van der Waals surface area contributed by atoms with E-state index in [9.17, 15) is 4.79 Å². The van der Waals surface area contributed by atoms with Crippen LogP contribution < -0.4 is 10.6 Å². The smallest absolute Gasteiger partial charge is 0.337 e. The van der Waals surface area contributed by atoms with E-state index in [2.05, 4.69) is 20.6 Å². The number of carbonyl (C=O) groups is 1. The van der Waals surface area contributed by atoms with E-state index in [1.54, 1.807) is 30.5 Å². The molecule has 1 fully saturated rings. The second kappa shape index (κ2) is 6.19. The number of hydrogen-bond acceptors (Lipinski definition) is 6. The van der Waals surface area contributed by atoms with Crippen molar-refractivity contribution in [3.63, 3.8) is 0 Å². The SMILES string of the molecule is COC(=O)c1ccc(Cl)c(Nc2ccnc(NC3CC3)n2)c1. The van der Waals surface area contributed by atoms with E-state index in [1.807, 2.05) is 0 Å². The van der Waals surface area contributed by atoms with Gasteiger partial charge in [0.05, 0.1) is 23.4 Å². The average Bonchev–Trinajstić information content (AvgIpc) is 3.33. The molecule has 22 heavy (non-hydrogen) atoms. The highest BCUT2D eigenvalue weighted by atomic mass is 35.5. The van der Waals surface area contributed by atoms with Gasteiger partial charge in [0.1, 0.15) is 5.82 Å². The standard InChI is InChI=1S/C15H15ClN4O2/c1-22-14(21)9-2-5-11(16)12(8-9)19-13-6-7-17-15(20-13)18-10-3-4-10/h2,5-8,10H,3-4H2,1H3,(H2,17,18,19,20). The van der Waals surface area contributed by atoms with Gasteiger partial charge in [0.15, 0.2) is 0 Å². The molecule has 2 N–H and O–H groups in total. The fraction of sp³-hybridized carbons (Fsp3) is 0.267. The number of aromatic nitrogens is 2. The summed E-state index contributed by atoms with van der Waals surface area (Å²) in [7, 11) is 1.34. The average molecular weight is 319 g/mol. The van der Waals surface area contributed by atoms with Gasteiger partial charge in [-0.05, 0) is 37.1 Å². The van der Waals surface area contributed by atoms with Gasteiger partial charge in [-0.1, -0.05) is 11.6 Å². The summed E-state index contributed by atoms with van der Waals surface area (Å²) in [4.78, 5) is 20.1. The number of nitrogens with one attached hydrogen (secondary N) is 2. The highest BCUT2D eigenvalue weighted by molar-refractivity contribution is 6.33. The first kappa shape index (κ1) is 14.6. The first-order valence-corrected chi connectivity index (χ1v) is 7.28. The first-order valence-electron chi connectivity index (χ1n) is 6.90. The maximum absolute atomic E-state index is 11.6. The molecule has 1 aliphatic carbocycles. The zero-order chi connectivity index (χ0) is 15.5. The Labute approximate surface area is 132 Å². The number of carbonyl (C=O) groups excluding carboxylic acids is 1. The first-order chi connectivity index (χ1) is 10.7. The topological polar surface area (TPSA) is 76.1 Å². The Hall–Kier alpha value is -2.34. The number of esters is 1. The van der Waals surface area contributed by atoms with E-state index in [0.29, 0.717) is 34.1 Å². The molecule has 0 spiro atoms. The van der Waals surface area contributed by atoms with Gasteiger partial charge in [-0.25, -0.2) is 9.78 Å². The van der Waals surface area contributed by atoms with E-state index in [-0.39, 0.29) is 0 Å². The van der Waals surface area contributed by atoms with Gasteiger partial charge in [0.2, 0.25) is 5.95 Å². The molecular weight excluding hydrogens is 304 g/mol. The monoisotopic (exact) mass is 318 g/mol. The zero-order valence-electron chi connectivity index (χ0n) is 12.0. The summed E-state index contributed by atoms with van der Waals surface area (Å²) < 4.78 is 4.71. The largest absolute Gasteiger partial charge is 0.465 e. The van der Waals surface area contributed by atoms with E-state index in [4.69, 9.17) is 16.3 Å². The number of rotatable bonds is 5. The lowest BCUT2D eigenvalue weighted by molar-refractivity contribution is 0.0601. The zero-order valence-corrected chi connectivity index (χ0v) is 12.7. The summed E-state index contributed by atoms with van der Waals surface area (Å²) >= 11 is 6.15. The molecular formula is C15H15ClN4O2. The van der Waals surface area contributed by atoms with Crippen molar-refractivity contribution in [3.05, 3.63) is 41.0 Å². The van der Waals surface area contributed by atoms with Crippen LogP contribution in [-0.2, 0) is 4.74 Å². The lowest BCUT2D eigenvalue weighted by Gasteiger charge is -2.10. The predicted molar refractivity (Wildman–Crippen MR) is 84.8 cm³/mol. The molecule has 0 saturated heterocycles. The maximum atomic E-state index is 11.6. The number of benzene rings is 1. The minimum atomic E-state index is -0.418. The molecule has 0 aliphatic heterocycles. The molecule has 0 unspecified atom stereocenters. The number of nitrogens with zero attached hydrogens (tertiary/aromatic N) is 2. The van der Waals surface area contributed by atoms with Crippen molar-refractivity contribution in [2.75, 3.05) is 17.7 Å². The molecule has 1 saturated carbocycles. The normalized spacial score (nSPS) is 13.5. The van der Waals surface area contributed by atoms with E-state index in [0.717, 1.165) is 12.8 Å². The second-order valence-corrected chi connectivity index (χ2v) is 5.40. The van der Waals surface area contributed by atoms with Crippen LogP contribution in [0.15, 0.2) is 30.5 Å². The molecule has 0 atom stereocenters. The molecule has 0 bridgehead atoms. The molecule has 3 rings (SSSR count).